The van der Waals surface area contributed by atoms with E-state index in [9.17, 15) is 13.9 Å². The predicted molar refractivity (Wildman–Crippen MR) is 161 cm³/mol. The van der Waals surface area contributed by atoms with E-state index < -0.39 is 15.3 Å². The van der Waals surface area contributed by atoms with Gasteiger partial charge in [0.15, 0.2) is 0 Å². The Bertz CT molecular complexity index is 1070. The Morgan fingerprint density at radius 2 is 1.71 bits per heavy atom. The summed E-state index contributed by atoms with van der Waals surface area (Å²) in [5.41, 5.74) is 2.41. The van der Waals surface area contributed by atoms with Crippen LogP contribution < -0.4 is 9.64 Å². The van der Waals surface area contributed by atoms with E-state index in [0.29, 0.717) is 28.7 Å². The van der Waals surface area contributed by atoms with Gasteiger partial charge in [-0.1, -0.05) is 57.7 Å². The first-order chi connectivity index (χ1) is 18.0. The van der Waals surface area contributed by atoms with Crippen molar-refractivity contribution in [1.82, 2.24) is 0 Å². The highest BCUT2D eigenvalue weighted by atomic mass is 32.3. The number of esters is 1. The molecule has 0 aliphatic carbocycles. The molecule has 38 heavy (non-hydrogen) atoms. The van der Waals surface area contributed by atoms with E-state index in [1.165, 1.54) is 18.9 Å². The summed E-state index contributed by atoms with van der Waals surface area (Å²) >= 11 is 1.45. The van der Waals surface area contributed by atoms with Crippen LogP contribution in [0.3, 0.4) is 0 Å². The molecule has 8 heteroatoms. The molecule has 3 rings (SSSR count). The Labute approximate surface area is 234 Å². The molecular weight excluding hydrogens is 518 g/mol. The van der Waals surface area contributed by atoms with E-state index in [4.69, 9.17) is 9.47 Å². The topological polar surface area (TPSA) is 79.2 Å². The molecule has 2 N–H and O–H groups in total. The van der Waals surface area contributed by atoms with Gasteiger partial charge in [0.25, 0.3) is 0 Å². The number of carbonyl (C=O) groups excluding carboxylic acids is 1. The number of nitrogens with zero attached hydrogens (tertiary/aromatic N) is 1. The van der Waals surface area contributed by atoms with Gasteiger partial charge >= 0.3 is 5.97 Å². The number of fused-ring (bicyclic) bond motifs is 1. The second kappa shape index (κ2) is 13.0. The van der Waals surface area contributed by atoms with Gasteiger partial charge in [-0.3, -0.25) is 13.9 Å². The molecule has 0 radical (unpaired) electrons. The Morgan fingerprint density at radius 3 is 2.26 bits per heavy atom. The van der Waals surface area contributed by atoms with Crippen LogP contribution in [-0.2, 0) is 15.3 Å². The van der Waals surface area contributed by atoms with Crippen molar-refractivity contribution in [2.24, 2.45) is 5.41 Å². The van der Waals surface area contributed by atoms with Crippen molar-refractivity contribution in [3.8, 4) is 5.75 Å². The van der Waals surface area contributed by atoms with Gasteiger partial charge in [-0.15, -0.1) is 11.8 Å². The number of benzene rings is 2. The summed E-state index contributed by atoms with van der Waals surface area (Å²) < 4.78 is 33.7. The molecule has 0 unspecified atom stereocenters. The third-order valence-electron chi connectivity index (χ3n) is 7.46. The summed E-state index contributed by atoms with van der Waals surface area (Å²) in [4.78, 5) is 15.1. The summed E-state index contributed by atoms with van der Waals surface area (Å²) in [6.45, 7) is 8.76. The number of thioether (sulfide) groups is 1. The van der Waals surface area contributed by atoms with Crippen LogP contribution in [0.4, 0.5) is 11.4 Å². The fourth-order valence-electron chi connectivity index (χ4n) is 5.27. The zero-order valence-corrected chi connectivity index (χ0v) is 25.4. The first-order valence-electron chi connectivity index (χ1n) is 13.5. The number of carbonyl (C=O) groups is 1. The molecule has 0 saturated heterocycles. The van der Waals surface area contributed by atoms with Gasteiger partial charge in [0.2, 0.25) is 0 Å². The van der Waals surface area contributed by atoms with Crippen molar-refractivity contribution in [3.63, 3.8) is 0 Å². The second-order valence-corrected chi connectivity index (χ2v) is 14.5. The largest absolute Gasteiger partial charge is 0.496 e. The summed E-state index contributed by atoms with van der Waals surface area (Å²) in [5.74, 6) is 1.19. The quantitative estimate of drug-likeness (QED) is 0.251. The molecular formula is C30H45NO5S2. The van der Waals surface area contributed by atoms with E-state index >= 15 is 0 Å². The van der Waals surface area contributed by atoms with Crippen molar-refractivity contribution in [2.75, 3.05) is 31.4 Å². The molecule has 212 valence electrons. The van der Waals surface area contributed by atoms with Gasteiger partial charge in [-0.05, 0) is 44.9 Å². The molecule has 0 spiro atoms. The third-order valence-corrected chi connectivity index (χ3v) is 10.9. The van der Waals surface area contributed by atoms with Gasteiger partial charge in [0, 0.05) is 40.8 Å². The molecule has 0 atom stereocenters. The lowest BCUT2D eigenvalue weighted by molar-refractivity contribution is -0.142. The zero-order chi connectivity index (χ0) is 28.0. The molecule has 0 amide bonds. The Balaban J connectivity index is 2.16. The molecule has 0 bridgehead atoms. The Hall–Kier alpha value is -1.87. The van der Waals surface area contributed by atoms with Crippen molar-refractivity contribution in [1.29, 1.82) is 0 Å². The third kappa shape index (κ3) is 7.00. The van der Waals surface area contributed by atoms with E-state index in [1.807, 2.05) is 44.2 Å². The highest BCUT2D eigenvalue weighted by molar-refractivity contribution is 8.24. The SMILES string of the molecule is CCCCC1(CCCC)CN(c2ccccc2)c2cc(OC)c(CSC(C)(C)C(=O)OC)cc2S(O)(O)C1. The average Bonchev–Trinajstić information content (AvgIpc) is 3.00. The van der Waals surface area contributed by atoms with Crippen LogP contribution >= 0.6 is 22.4 Å². The monoisotopic (exact) mass is 563 g/mol. The van der Waals surface area contributed by atoms with Gasteiger partial charge in [0.05, 0.1) is 24.8 Å². The maximum Gasteiger partial charge on any atom is 0.321 e. The summed E-state index contributed by atoms with van der Waals surface area (Å²) in [7, 11) is -0.0804. The van der Waals surface area contributed by atoms with E-state index in [1.54, 1.807) is 7.11 Å². The highest BCUT2D eigenvalue weighted by Crippen LogP contribution is 2.62. The number of rotatable bonds is 12. The Morgan fingerprint density at radius 1 is 1.08 bits per heavy atom. The zero-order valence-electron chi connectivity index (χ0n) is 23.8. The Kier molecular flexibility index (Phi) is 10.5. The molecule has 0 aromatic heterocycles. The minimum atomic E-state index is -3.11. The van der Waals surface area contributed by atoms with E-state index in [-0.39, 0.29) is 11.4 Å². The van der Waals surface area contributed by atoms with Crippen LogP contribution in [0, 0.1) is 5.41 Å². The van der Waals surface area contributed by atoms with E-state index in [0.717, 1.165) is 55.5 Å². The van der Waals surface area contributed by atoms with Crippen LogP contribution in [0.25, 0.3) is 0 Å². The summed E-state index contributed by atoms with van der Waals surface area (Å²) in [6.07, 6.45) is 6.12. The van der Waals surface area contributed by atoms with Gasteiger partial charge in [-0.25, -0.2) is 0 Å². The number of anilines is 2. The molecule has 1 aliphatic rings. The van der Waals surface area contributed by atoms with Crippen LogP contribution in [-0.4, -0.2) is 46.3 Å². The van der Waals surface area contributed by atoms with E-state index in [2.05, 4.69) is 30.9 Å². The lowest BCUT2D eigenvalue weighted by Gasteiger charge is -2.42. The fourth-order valence-corrected chi connectivity index (χ4v) is 8.44. The molecule has 0 fully saturated rings. The molecule has 2 aromatic carbocycles. The predicted octanol–water partition coefficient (Wildman–Crippen LogP) is 8.51. The smallest absolute Gasteiger partial charge is 0.321 e. The molecule has 0 saturated carbocycles. The highest BCUT2D eigenvalue weighted by Gasteiger charge is 2.42. The van der Waals surface area contributed by atoms with Crippen LogP contribution in [0.1, 0.15) is 71.8 Å². The molecule has 1 aliphatic heterocycles. The normalized spacial score (nSPS) is 17.3. The number of para-hydroxylation sites is 1. The van der Waals surface area contributed by atoms with Gasteiger partial charge in [-0.2, -0.15) is 10.6 Å². The van der Waals surface area contributed by atoms with Gasteiger partial charge < -0.3 is 14.4 Å². The van der Waals surface area contributed by atoms with Crippen molar-refractivity contribution in [2.45, 2.75) is 81.6 Å². The molecule has 6 nitrogen and oxygen atoms in total. The average molecular weight is 564 g/mol. The standard InChI is InChI=1S/C30H45NO5S2/c1-7-9-16-30(17-10-8-2)21-31(24-14-12-11-13-15-24)25-19-26(35-5)23(18-27(25)38(33,34)22-30)20-37-29(3,4)28(32)36-6/h11-15,18-19,33-34H,7-10,16-17,20-22H2,1-6H3. The minimum Gasteiger partial charge on any atom is -0.496 e. The number of hydrogen-bond acceptors (Lipinski definition) is 7. The fraction of sp³-hybridized carbons (Fsp3) is 0.567. The second-order valence-electron chi connectivity index (χ2n) is 10.9. The van der Waals surface area contributed by atoms with Crippen molar-refractivity contribution < 1.29 is 23.4 Å². The minimum absolute atomic E-state index is 0.227. The maximum absolute atomic E-state index is 12.3. The first kappa shape index (κ1) is 30.7. The summed E-state index contributed by atoms with van der Waals surface area (Å²) in [5, 5.41) is 0. The molecule has 1 heterocycles. The van der Waals surface area contributed by atoms with Gasteiger partial charge in [0.1, 0.15) is 10.5 Å². The number of unbranched alkanes of at least 4 members (excludes halogenated alkanes) is 2. The lowest BCUT2D eigenvalue weighted by atomic mass is 9.79. The number of methoxy groups -OCH3 is 2. The summed E-state index contributed by atoms with van der Waals surface area (Å²) in [6, 6.07) is 14.1. The lowest BCUT2D eigenvalue weighted by Crippen LogP contribution is -2.37. The maximum atomic E-state index is 12.3. The van der Waals surface area contributed by atoms with Crippen LogP contribution in [0.5, 0.6) is 5.75 Å². The van der Waals surface area contributed by atoms with Crippen molar-refractivity contribution >= 4 is 39.7 Å². The van der Waals surface area contributed by atoms with Crippen LogP contribution in [0.2, 0.25) is 0 Å². The van der Waals surface area contributed by atoms with Crippen molar-refractivity contribution in [3.05, 3.63) is 48.0 Å². The molecule has 2 aromatic rings. The number of ether oxygens (including phenoxy) is 2. The number of hydrogen-bond donors (Lipinski definition) is 2. The van der Waals surface area contributed by atoms with Crippen LogP contribution in [0.15, 0.2) is 47.4 Å². The first-order valence-corrected chi connectivity index (χ1v) is 16.2.